The summed E-state index contributed by atoms with van der Waals surface area (Å²) in [7, 11) is 1.65. The third-order valence-electron chi connectivity index (χ3n) is 3.98. The van der Waals surface area contributed by atoms with Crippen LogP contribution >= 0.6 is 0 Å². The van der Waals surface area contributed by atoms with E-state index < -0.39 is 0 Å². The summed E-state index contributed by atoms with van der Waals surface area (Å²) in [5.74, 6) is 1.46. The first-order valence-corrected chi connectivity index (χ1v) is 7.60. The summed E-state index contributed by atoms with van der Waals surface area (Å²) in [5, 5.41) is 4.78. The number of hydrogen-bond donors (Lipinski definition) is 1. The molecule has 0 saturated carbocycles. The summed E-state index contributed by atoms with van der Waals surface area (Å²) in [5.41, 5.74) is 2.59. The summed E-state index contributed by atoms with van der Waals surface area (Å²) in [6, 6.07) is 6.03. The Morgan fingerprint density at radius 2 is 2.13 bits per heavy atom. The molecular weight excluding hydrogens is 292 g/mol. The predicted octanol–water partition coefficient (Wildman–Crippen LogP) is 2.61. The second-order valence-electron chi connectivity index (χ2n) is 5.85. The van der Waals surface area contributed by atoms with Crippen molar-refractivity contribution in [1.29, 1.82) is 0 Å². The Morgan fingerprint density at radius 3 is 2.83 bits per heavy atom. The molecule has 23 heavy (non-hydrogen) atoms. The Bertz CT molecular complexity index is 909. The number of hydrogen-bond acceptors (Lipinski definition) is 4. The van der Waals surface area contributed by atoms with Crippen LogP contribution in [0.5, 0.6) is 5.75 Å². The van der Waals surface area contributed by atoms with Crippen molar-refractivity contribution in [3.05, 3.63) is 51.7 Å². The van der Waals surface area contributed by atoms with E-state index >= 15 is 0 Å². The zero-order valence-corrected chi connectivity index (χ0v) is 13.8. The van der Waals surface area contributed by atoms with Gasteiger partial charge < -0.3 is 9.72 Å². The second kappa shape index (κ2) is 5.87. The minimum Gasteiger partial charge on any atom is -0.496 e. The van der Waals surface area contributed by atoms with Gasteiger partial charge in [-0.05, 0) is 38.0 Å². The van der Waals surface area contributed by atoms with Crippen LogP contribution in [-0.2, 0) is 6.42 Å². The van der Waals surface area contributed by atoms with Crippen LogP contribution in [-0.4, -0.2) is 26.9 Å². The van der Waals surface area contributed by atoms with Crippen molar-refractivity contribution in [2.24, 2.45) is 0 Å². The monoisotopic (exact) mass is 312 g/mol. The molecule has 3 aromatic rings. The fourth-order valence-electron chi connectivity index (χ4n) is 2.70. The number of benzene rings is 1. The van der Waals surface area contributed by atoms with Gasteiger partial charge >= 0.3 is 0 Å². The standard InChI is InChI=1S/C17H20N4O2/c1-10(2)21-16-13(9-18-21)17(22)20-15(19-16)8-12-6-5-7-14(23-4)11(12)3/h5-7,9-10H,8H2,1-4H3,(H,19,20,22). The van der Waals surface area contributed by atoms with Gasteiger partial charge in [-0.25, -0.2) is 9.67 Å². The van der Waals surface area contributed by atoms with E-state index in [1.165, 1.54) is 0 Å². The van der Waals surface area contributed by atoms with Crippen molar-refractivity contribution in [1.82, 2.24) is 19.7 Å². The minimum absolute atomic E-state index is 0.146. The van der Waals surface area contributed by atoms with Crippen molar-refractivity contribution in [2.45, 2.75) is 33.2 Å². The van der Waals surface area contributed by atoms with Crippen molar-refractivity contribution in [3.63, 3.8) is 0 Å². The van der Waals surface area contributed by atoms with Crippen molar-refractivity contribution in [3.8, 4) is 5.75 Å². The molecule has 0 unspecified atom stereocenters. The lowest BCUT2D eigenvalue weighted by Crippen LogP contribution is -2.14. The number of nitrogens with one attached hydrogen (secondary N) is 1. The van der Waals surface area contributed by atoms with Gasteiger partial charge in [0.1, 0.15) is 17.0 Å². The molecule has 3 rings (SSSR count). The molecular formula is C17H20N4O2. The van der Waals surface area contributed by atoms with Crippen molar-refractivity contribution < 1.29 is 4.74 Å². The van der Waals surface area contributed by atoms with E-state index in [4.69, 9.17) is 4.74 Å². The van der Waals surface area contributed by atoms with Crippen molar-refractivity contribution in [2.75, 3.05) is 7.11 Å². The van der Waals surface area contributed by atoms with Crippen LogP contribution in [0.2, 0.25) is 0 Å². The lowest BCUT2D eigenvalue weighted by atomic mass is 10.0. The van der Waals surface area contributed by atoms with Gasteiger partial charge in [-0.15, -0.1) is 0 Å². The zero-order chi connectivity index (χ0) is 16.6. The van der Waals surface area contributed by atoms with Gasteiger partial charge in [0, 0.05) is 12.5 Å². The van der Waals surface area contributed by atoms with E-state index in [1.807, 2.05) is 39.0 Å². The average molecular weight is 312 g/mol. The highest BCUT2D eigenvalue weighted by molar-refractivity contribution is 5.73. The number of nitrogens with zero attached hydrogens (tertiary/aromatic N) is 3. The van der Waals surface area contributed by atoms with Crippen molar-refractivity contribution >= 4 is 11.0 Å². The third kappa shape index (κ3) is 2.72. The smallest absolute Gasteiger partial charge is 0.262 e. The maximum Gasteiger partial charge on any atom is 0.262 e. The van der Waals surface area contributed by atoms with Crippen LogP contribution in [0, 0.1) is 6.92 Å². The lowest BCUT2D eigenvalue weighted by molar-refractivity contribution is 0.411. The molecule has 0 saturated heterocycles. The number of H-pyrrole nitrogens is 1. The first kappa shape index (κ1) is 15.3. The van der Waals surface area contributed by atoms with Gasteiger partial charge in [0.05, 0.1) is 13.3 Å². The van der Waals surface area contributed by atoms with E-state index in [2.05, 4.69) is 15.1 Å². The molecule has 0 fully saturated rings. The van der Waals surface area contributed by atoms with Crippen LogP contribution in [0.15, 0.2) is 29.2 Å². The molecule has 1 aromatic carbocycles. The molecule has 6 heteroatoms. The normalized spacial score (nSPS) is 11.3. The minimum atomic E-state index is -0.155. The number of aromatic amines is 1. The highest BCUT2D eigenvalue weighted by Gasteiger charge is 2.13. The Morgan fingerprint density at radius 1 is 1.35 bits per heavy atom. The molecule has 0 spiro atoms. The fourth-order valence-corrected chi connectivity index (χ4v) is 2.70. The first-order chi connectivity index (χ1) is 11.0. The first-order valence-electron chi connectivity index (χ1n) is 7.60. The van der Waals surface area contributed by atoms with Gasteiger partial charge in [0.25, 0.3) is 5.56 Å². The summed E-state index contributed by atoms with van der Waals surface area (Å²) >= 11 is 0. The zero-order valence-electron chi connectivity index (χ0n) is 13.8. The Kier molecular flexibility index (Phi) is 3.90. The topological polar surface area (TPSA) is 72.8 Å². The molecule has 1 N–H and O–H groups in total. The number of aromatic nitrogens is 4. The average Bonchev–Trinajstić information content (AvgIpc) is 2.94. The van der Waals surface area contributed by atoms with E-state index in [0.29, 0.717) is 23.3 Å². The largest absolute Gasteiger partial charge is 0.496 e. The molecule has 0 amide bonds. The predicted molar refractivity (Wildman–Crippen MR) is 89.1 cm³/mol. The highest BCUT2D eigenvalue weighted by atomic mass is 16.5. The summed E-state index contributed by atoms with van der Waals surface area (Å²) in [6.07, 6.45) is 2.11. The molecule has 0 radical (unpaired) electrons. The van der Waals surface area contributed by atoms with Gasteiger partial charge in [-0.3, -0.25) is 4.79 Å². The molecule has 2 aromatic heterocycles. The Hall–Kier alpha value is -2.63. The summed E-state index contributed by atoms with van der Waals surface area (Å²) < 4.78 is 7.12. The summed E-state index contributed by atoms with van der Waals surface area (Å²) in [4.78, 5) is 19.7. The van der Waals surface area contributed by atoms with E-state index in [1.54, 1.807) is 18.0 Å². The van der Waals surface area contributed by atoms with Crippen LogP contribution in [0.1, 0.15) is 36.8 Å². The third-order valence-corrected chi connectivity index (χ3v) is 3.98. The Balaban J connectivity index is 2.07. The number of methoxy groups -OCH3 is 1. The van der Waals surface area contributed by atoms with Gasteiger partial charge in [0.2, 0.25) is 0 Å². The molecule has 6 nitrogen and oxygen atoms in total. The molecule has 0 aliphatic rings. The van der Waals surface area contributed by atoms with E-state index in [0.717, 1.165) is 16.9 Å². The molecule has 120 valence electrons. The van der Waals surface area contributed by atoms with Gasteiger partial charge in [-0.2, -0.15) is 5.10 Å². The van der Waals surface area contributed by atoms with Crippen LogP contribution < -0.4 is 10.3 Å². The SMILES string of the molecule is COc1cccc(Cc2nc3c(cnn3C(C)C)c(=O)[nH]2)c1C. The Labute approximate surface area is 134 Å². The molecule has 0 bridgehead atoms. The molecule has 0 atom stereocenters. The van der Waals surface area contributed by atoms with Gasteiger partial charge in [-0.1, -0.05) is 12.1 Å². The lowest BCUT2D eigenvalue weighted by Gasteiger charge is -2.10. The van der Waals surface area contributed by atoms with Crippen LogP contribution in [0.3, 0.4) is 0 Å². The second-order valence-corrected chi connectivity index (χ2v) is 5.85. The quantitative estimate of drug-likeness (QED) is 0.803. The van der Waals surface area contributed by atoms with Gasteiger partial charge in [0.15, 0.2) is 5.65 Å². The molecule has 0 aliphatic carbocycles. The highest BCUT2D eigenvalue weighted by Crippen LogP contribution is 2.22. The van der Waals surface area contributed by atoms with E-state index in [-0.39, 0.29) is 11.6 Å². The molecule has 2 heterocycles. The summed E-state index contributed by atoms with van der Waals surface area (Å²) in [6.45, 7) is 6.03. The fraction of sp³-hybridized carbons (Fsp3) is 0.353. The number of ether oxygens (including phenoxy) is 1. The number of rotatable bonds is 4. The maximum absolute atomic E-state index is 12.3. The number of fused-ring (bicyclic) bond motifs is 1. The van der Waals surface area contributed by atoms with Crippen LogP contribution in [0.25, 0.3) is 11.0 Å². The van der Waals surface area contributed by atoms with Crippen LogP contribution in [0.4, 0.5) is 0 Å². The van der Waals surface area contributed by atoms with E-state index in [9.17, 15) is 4.79 Å². The maximum atomic E-state index is 12.3. The molecule has 0 aliphatic heterocycles.